The molecule has 0 spiro atoms. The minimum atomic E-state index is -1.22. The molecule has 5 N–H and O–H groups in total. The van der Waals surface area contributed by atoms with E-state index in [0.717, 1.165) is 32.4 Å². The first-order valence-electron chi connectivity index (χ1n) is 23.9. The molecule has 71 heavy (non-hydrogen) atoms. The number of carboxylic acids is 1. The second kappa shape index (κ2) is 33.6. The van der Waals surface area contributed by atoms with Crippen LogP contribution in [-0.2, 0) is 70.2 Å². The number of amides is 5. The number of benzene rings is 3. The van der Waals surface area contributed by atoms with E-state index in [1.54, 1.807) is 4.90 Å². The second-order valence-corrected chi connectivity index (χ2v) is 17.7. The van der Waals surface area contributed by atoms with Crippen molar-refractivity contribution in [1.82, 2.24) is 21.3 Å². The zero-order chi connectivity index (χ0) is 51.1. The molecule has 1 aliphatic heterocycles. The average Bonchev–Trinajstić information content (AvgIpc) is 3.36. The van der Waals surface area contributed by atoms with Gasteiger partial charge in [0.2, 0.25) is 29.5 Å². The zero-order valence-electron chi connectivity index (χ0n) is 40.3. The van der Waals surface area contributed by atoms with E-state index in [4.69, 9.17) is 23.7 Å². The fourth-order valence-corrected chi connectivity index (χ4v) is 7.56. The Kier molecular flexibility index (Phi) is 27.3. The van der Waals surface area contributed by atoms with Gasteiger partial charge >= 0.3 is 11.9 Å². The van der Waals surface area contributed by atoms with E-state index >= 15 is 0 Å². The van der Waals surface area contributed by atoms with Crippen LogP contribution in [0, 0.1) is 15.4 Å². The maximum Gasteiger partial charge on any atom is 0.328 e. The van der Waals surface area contributed by atoms with Crippen molar-refractivity contribution in [3.63, 3.8) is 0 Å². The lowest BCUT2D eigenvalue weighted by Gasteiger charge is -2.26. The van der Waals surface area contributed by atoms with Crippen molar-refractivity contribution in [3.8, 4) is 11.8 Å². The van der Waals surface area contributed by atoms with Crippen molar-refractivity contribution in [2.24, 2.45) is 0 Å². The van der Waals surface area contributed by atoms with Crippen LogP contribution in [0.5, 0.6) is 0 Å². The quantitative estimate of drug-likeness (QED) is 0.0244. The standard InChI is InChI=1S/C52H66IN5O13/c1-67-52(66)44(13-6-7-27-54-46(59)15-8-9-38-16-20-42(53)21-17-38)57-51(65)43(22-25-50(63)64)56-48(61)26-29-68-31-33-70-35-36-71-34-32-69-30-28-55-47(60)23-24-49(62)58-37-41-12-3-2-10-39(41)18-19-40-11-4-5-14-45(40)58/h2-5,10-12,14,16-17,20-21,43-44H,6-9,13,15,22-37H2,1H3,(H,54,59)(H,55,60)(H,56,61)(H,57,65)(H,63,64)/t43?,44-/m0/s1. The van der Waals surface area contributed by atoms with Crippen LogP contribution >= 0.6 is 22.6 Å². The molecular weight excluding hydrogens is 1030 g/mol. The van der Waals surface area contributed by atoms with E-state index in [9.17, 15) is 38.7 Å². The molecule has 1 aliphatic rings. The third kappa shape index (κ3) is 23.2. The highest BCUT2D eigenvalue weighted by Gasteiger charge is 2.28. The molecule has 4 rings (SSSR count). The van der Waals surface area contributed by atoms with Crippen molar-refractivity contribution in [1.29, 1.82) is 0 Å². The van der Waals surface area contributed by atoms with E-state index in [1.807, 2.05) is 72.8 Å². The Labute approximate surface area is 429 Å². The maximum atomic E-state index is 13.4. The van der Waals surface area contributed by atoms with Gasteiger partial charge in [0, 0.05) is 59.9 Å². The Morgan fingerprint density at radius 3 is 1.94 bits per heavy atom. The number of anilines is 1. The van der Waals surface area contributed by atoms with Crippen LogP contribution in [0.25, 0.3) is 0 Å². The summed E-state index contributed by atoms with van der Waals surface area (Å²) in [6, 6.07) is 21.1. The molecule has 5 amide bonds. The predicted molar refractivity (Wildman–Crippen MR) is 272 cm³/mol. The molecule has 3 aromatic rings. The molecule has 1 unspecified atom stereocenters. The Morgan fingerprint density at radius 2 is 1.24 bits per heavy atom. The summed E-state index contributed by atoms with van der Waals surface area (Å²) in [5.74, 6) is 2.78. The summed E-state index contributed by atoms with van der Waals surface area (Å²) < 4.78 is 28.0. The van der Waals surface area contributed by atoms with Crippen molar-refractivity contribution in [2.75, 3.05) is 78.0 Å². The number of nitrogens with one attached hydrogen (secondary N) is 4. The van der Waals surface area contributed by atoms with Gasteiger partial charge in [0.1, 0.15) is 12.1 Å². The number of carbonyl (C=O) groups is 7. The smallest absolute Gasteiger partial charge is 0.328 e. The number of fused-ring (bicyclic) bond motifs is 2. The lowest BCUT2D eigenvalue weighted by molar-refractivity contribution is -0.146. The number of carboxylic acid groups (broad SMARTS) is 1. The Bertz CT molecular complexity index is 2250. The number of aryl methyl sites for hydroxylation is 1. The second-order valence-electron chi connectivity index (χ2n) is 16.4. The van der Waals surface area contributed by atoms with Crippen LogP contribution in [0.2, 0.25) is 0 Å². The molecule has 0 aromatic heterocycles. The van der Waals surface area contributed by atoms with E-state index in [-0.39, 0.29) is 82.8 Å². The molecule has 0 bridgehead atoms. The number of para-hydroxylation sites is 1. The fourth-order valence-electron chi connectivity index (χ4n) is 7.20. The molecule has 0 saturated carbocycles. The number of aliphatic carboxylic acids is 1. The van der Waals surface area contributed by atoms with Crippen molar-refractivity contribution < 1.29 is 62.4 Å². The van der Waals surface area contributed by atoms with Crippen LogP contribution in [0.3, 0.4) is 0 Å². The number of carbonyl (C=O) groups excluding carboxylic acids is 6. The molecule has 19 heteroatoms. The molecule has 0 radical (unpaired) electrons. The molecular formula is C52H66IN5O13. The Balaban J connectivity index is 0.992. The highest BCUT2D eigenvalue weighted by molar-refractivity contribution is 14.1. The average molecular weight is 1100 g/mol. The first kappa shape index (κ1) is 57.7. The van der Waals surface area contributed by atoms with Crippen LogP contribution in [0.4, 0.5) is 5.69 Å². The predicted octanol–water partition coefficient (Wildman–Crippen LogP) is 4.21. The van der Waals surface area contributed by atoms with Gasteiger partial charge in [0.25, 0.3) is 0 Å². The van der Waals surface area contributed by atoms with Gasteiger partial charge in [-0.25, -0.2) is 4.79 Å². The van der Waals surface area contributed by atoms with Gasteiger partial charge in [-0.3, -0.25) is 28.8 Å². The third-order valence-electron chi connectivity index (χ3n) is 11.0. The summed E-state index contributed by atoms with van der Waals surface area (Å²) in [6.07, 6.45) is 2.50. The molecule has 3 aromatic carbocycles. The summed E-state index contributed by atoms with van der Waals surface area (Å²) in [5, 5.41) is 20.0. The number of unbranched alkanes of at least 4 members (excludes halogenated alkanes) is 1. The SMILES string of the molecule is COC(=O)[C@H](CCCCNC(=O)CCCc1ccc(I)cc1)NC(=O)C(CCC(=O)O)NC(=O)CCOCCOCCOCCOCCNC(=O)CCC(=O)N1Cc2ccccc2C#Cc2ccccc21. The van der Waals surface area contributed by atoms with Crippen molar-refractivity contribution in [3.05, 3.63) is 98.6 Å². The minimum Gasteiger partial charge on any atom is -0.481 e. The molecule has 0 saturated heterocycles. The zero-order valence-corrected chi connectivity index (χ0v) is 42.5. The number of halogens is 1. The highest BCUT2D eigenvalue weighted by Crippen LogP contribution is 2.26. The van der Waals surface area contributed by atoms with Crippen LogP contribution < -0.4 is 26.2 Å². The fraction of sp³-hybridized carbons (Fsp3) is 0.481. The van der Waals surface area contributed by atoms with E-state index in [2.05, 4.69) is 55.7 Å². The summed E-state index contributed by atoms with van der Waals surface area (Å²) in [7, 11) is 1.19. The van der Waals surface area contributed by atoms with E-state index < -0.39 is 42.3 Å². The monoisotopic (exact) mass is 1100 g/mol. The molecule has 384 valence electrons. The molecule has 18 nitrogen and oxygen atoms in total. The lowest BCUT2D eigenvalue weighted by atomic mass is 10.0. The topological polar surface area (TPSA) is 237 Å². The summed E-state index contributed by atoms with van der Waals surface area (Å²) in [5.41, 5.74) is 4.46. The van der Waals surface area contributed by atoms with Gasteiger partial charge in [0.15, 0.2) is 0 Å². The summed E-state index contributed by atoms with van der Waals surface area (Å²) >= 11 is 2.25. The van der Waals surface area contributed by atoms with Gasteiger partial charge in [-0.1, -0.05) is 54.3 Å². The molecule has 1 heterocycles. The van der Waals surface area contributed by atoms with Crippen LogP contribution in [-0.4, -0.2) is 132 Å². The number of hydrogen-bond acceptors (Lipinski definition) is 12. The minimum absolute atomic E-state index is 0.0157. The van der Waals surface area contributed by atoms with Gasteiger partial charge in [-0.15, -0.1) is 0 Å². The first-order valence-corrected chi connectivity index (χ1v) is 25.0. The number of nitrogens with zero attached hydrogens (tertiary/aromatic N) is 1. The van der Waals surface area contributed by atoms with Gasteiger partial charge in [-0.2, -0.15) is 0 Å². The summed E-state index contributed by atoms with van der Waals surface area (Å²) in [4.78, 5) is 89.6. The van der Waals surface area contributed by atoms with Crippen LogP contribution in [0.15, 0.2) is 72.8 Å². The normalized spacial score (nSPS) is 12.3. The number of hydrogen-bond donors (Lipinski definition) is 5. The summed E-state index contributed by atoms with van der Waals surface area (Å²) in [6.45, 7) is 2.97. The maximum absolute atomic E-state index is 13.4. The van der Waals surface area contributed by atoms with E-state index in [1.165, 1.54) is 12.7 Å². The molecule has 0 fully saturated rings. The lowest BCUT2D eigenvalue weighted by Crippen LogP contribution is -2.52. The molecule has 0 aliphatic carbocycles. The third-order valence-corrected chi connectivity index (χ3v) is 11.7. The first-order chi connectivity index (χ1) is 34.4. The van der Waals surface area contributed by atoms with Crippen molar-refractivity contribution >= 4 is 69.8 Å². The van der Waals surface area contributed by atoms with Gasteiger partial charge < -0.3 is 55.0 Å². The Hall–Kier alpha value is -5.92. The number of rotatable bonds is 34. The van der Waals surface area contributed by atoms with E-state index in [0.29, 0.717) is 65.2 Å². The highest BCUT2D eigenvalue weighted by atomic mass is 127. The van der Waals surface area contributed by atoms with Gasteiger partial charge in [-0.05, 0) is 103 Å². The largest absolute Gasteiger partial charge is 0.481 e. The number of ether oxygens (including phenoxy) is 5. The Morgan fingerprint density at radius 1 is 0.620 bits per heavy atom. The number of methoxy groups -OCH3 is 1. The van der Waals surface area contributed by atoms with Gasteiger partial charge in [0.05, 0.1) is 72.2 Å². The van der Waals surface area contributed by atoms with Crippen molar-refractivity contribution in [2.45, 2.75) is 89.3 Å². The number of esters is 1. The molecule has 2 atom stereocenters. The van der Waals surface area contributed by atoms with Crippen LogP contribution in [0.1, 0.15) is 86.5 Å².